The highest BCUT2D eigenvalue weighted by Crippen LogP contribution is 2.28. The van der Waals surface area contributed by atoms with Gasteiger partial charge in [-0.05, 0) is 42.8 Å². The monoisotopic (exact) mass is 314 g/mol. The zero-order valence-electron chi connectivity index (χ0n) is 10.1. The number of hydrogen-bond acceptors (Lipinski definition) is 4. The predicted octanol–water partition coefficient (Wildman–Crippen LogP) is 4.05. The number of aromatic nitrogens is 1. The first-order valence-electron chi connectivity index (χ1n) is 5.38. The summed E-state index contributed by atoms with van der Waals surface area (Å²) in [5.41, 5.74) is 2.03. The van der Waals surface area contributed by atoms with Crippen molar-refractivity contribution in [3.8, 4) is 11.5 Å². The fourth-order valence-corrected chi connectivity index (χ4v) is 2.43. The predicted molar refractivity (Wildman–Crippen MR) is 74.1 cm³/mol. The van der Waals surface area contributed by atoms with Crippen molar-refractivity contribution in [2.45, 2.75) is 32.9 Å². The summed E-state index contributed by atoms with van der Waals surface area (Å²) in [6.07, 6.45) is 1.71. The third-order valence-electron chi connectivity index (χ3n) is 2.17. The third-order valence-corrected chi connectivity index (χ3v) is 3.67. The first-order chi connectivity index (χ1) is 7.94. The van der Waals surface area contributed by atoms with Crippen molar-refractivity contribution >= 4 is 27.3 Å². The van der Waals surface area contributed by atoms with Crippen molar-refractivity contribution in [1.82, 2.24) is 10.3 Å². The molecule has 2 rings (SSSR count). The largest absolute Gasteiger partial charge is 0.444 e. The molecule has 1 N–H and O–H groups in total. The Morgan fingerprint density at radius 2 is 2.24 bits per heavy atom. The lowest BCUT2D eigenvalue weighted by Gasteiger charge is -2.19. The van der Waals surface area contributed by atoms with Crippen LogP contribution in [0.2, 0.25) is 0 Å². The average Bonchev–Trinajstić information content (AvgIpc) is 2.81. The van der Waals surface area contributed by atoms with Crippen molar-refractivity contribution < 1.29 is 4.42 Å². The Morgan fingerprint density at radius 3 is 2.82 bits per heavy atom. The van der Waals surface area contributed by atoms with E-state index in [2.05, 4.69) is 47.0 Å². The van der Waals surface area contributed by atoms with Crippen LogP contribution in [-0.2, 0) is 6.54 Å². The zero-order chi connectivity index (χ0) is 12.5. The van der Waals surface area contributed by atoms with Crippen molar-refractivity contribution in [1.29, 1.82) is 0 Å². The van der Waals surface area contributed by atoms with Crippen LogP contribution >= 0.6 is 27.3 Å². The van der Waals surface area contributed by atoms with Gasteiger partial charge in [0.25, 0.3) is 0 Å². The van der Waals surface area contributed by atoms with Gasteiger partial charge in [-0.2, -0.15) is 0 Å². The van der Waals surface area contributed by atoms with Crippen LogP contribution in [0.3, 0.4) is 0 Å². The maximum absolute atomic E-state index is 5.46. The summed E-state index contributed by atoms with van der Waals surface area (Å²) in [7, 11) is 0. The second-order valence-corrected chi connectivity index (χ2v) is 7.18. The van der Waals surface area contributed by atoms with Crippen LogP contribution in [0.25, 0.3) is 11.5 Å². The SMILES string of the molecule is CC(C)(C)NCc1coc(-c2csc(Br)c2)n1. The number of nitrogens with zero attached hydrogens (tertiary/aromatic N) is 1. The van der Waals surface area contributed by atoms with Gasteiger partial charge >= 0.3 is 0 Å². The van der Waals surface area contributed by atoms with E-state index in [-0.39, 0.29) is 5.54 Å². The van der Waals surface area contributed by atoms with Crippen LogP contribution in [-0.4, -0.2) is 10.5 Å². The molecule has 3 nitrogen and oxygen atoms in total. The quantitative estimate of drug-likeness (QED) is 0.928. The fourth-order valence-electron chi connectivity index (χ4n) is 1.30. The second-order valence-electron chi connectivity index (χ2n) is 4.89. The van der Waals surface area contributed by atoms with Gasteiger partial charge in [-0.1, -0.05) is 0 Å². The molecule has 0 fully saturated rings. The van der Waals surface area contributed by atoms with Crippen molar-refractivity contribution in [2.24, 2.45) is 0 Å². The first-order valence-corrected chi connectivity index (χ1v) is 7.05. The summed E-state index contributed by atoms with van der Waals surface area (Å²) in [4.78, 5) is 4.45. The lowest BCUT2D eigenvalue weighted by Crippen LogP contribution is -2.35. The molecule has 0 unspecified atom stereocenters. The highest BCUT2D eigenvalue weighted by Gasteiger charge is 2.12. The number of nitrogens with one attached hydrogen (secondary N) is 1. The molecule has 17 heavy (non-hydrogen) atoms. The topological polar surface area (TPSA) is 38.1 Å². The van der Waals surface area contributed by atoms with Gasteiger partial charge in [-0.25, -0.2) is 4.98 Å². The Kier molecular flexibility index (Phi) is 3.70. The van der Waals surface area contributed by atoms with Crippen LogP contribution in [0.5, 0.6) is 0 Å². The Balaban J connectivity index is 2.06. The molecule has 0 saturated carbocycles. The molecule has 0 aliphatic rings. The number of oxazole rings is 1. The summed E-state index contributed by atoms with van der Waals surface area (Å²) in [6.45, 7) is 7.11. The smallest absolute Gasteiger partial charge is 0.227 e. The van der Waals surface area contributed by atoms with E-state index in [0.717, 1.165) is 21.6 Å². The molecule has 0 saturated heterocycles. The number of thiophene rings is 1. The van der Waals surface area contributed by atoms with E-state index in [0.29, 0.717) is 5.89 Å². The van der Waals surface area contributed by atoms with E-state index in [1.165, 1.54) is 0 Å². The highest BCUT2D eigenvalue weighted by atomic mass is 79.9. The minimum absolute atomic E-state index is 0.0878. The molecule has 0 radical (unpaired) electrons. The van der Waals surface area contributed by atoms with Gasteiger partial charge in [0, 0.05) is 23.0 Å². The highest BCUT2D eigenvalue weighted by molar-refractivity contribution is 9.11. The normalized spacial score (nSPS) is 12.0. The molecule has 0 aliphatic carbocycles. The zero-order valence-corrected chi connectivity index (χ0v) is 12.5. The molecule has 2 heterocycles. The van der Waals surface area contributed by atoms with Crippen LogP contribution < -0.4 is 5.32 Å². The van der Waals surface area contributed by atoms with Crippen molar-refractivity contribution in [3.63, 3.8) is 0 Å². The fraction of sp³-hybridized carbons (Fsp3) is 0.417. The summed E-state index contributed by atoms with van der Waals surface area (Å²) in [6, 6.07) is 2.01. The Hall–Kier alpha value is -0.650. The first kappa shape index (κ1) is 12.8. The molecule has 2 aromatic heterocycles. The van der Waals surface area contributed by atoms with Gasteiger partial charge in [-0.15, -0.1) is 11.3 Å². The van der Waals surface area contributed by atoms with E-state index >= 15 is 0 Å². The van der Waals surface area contributed by atoms with Gasteiger partial charge < -0.3 is 9.73 Å². The Bertz CT molecular complexity index is 499. The van der Waals surface area contributed by atoms with E-state index in [9.17, 15) is 0 Å². The van der Waals surface area contributed by atoms with Gasteiger partial charge in [0.05, 0.1) is 9.48 Å². The molecule has 0 bridgehead atoms. The van der Waals surface area contributed by atoms with Gasteiger partial charge in [-0.3, -0.25) is 0 Å². The molecular formula is C12H15BrN2OS. The summed E-state index contributed by atoms with van der Waals surface area (Å²) < 4.78 is 6.55. The van der Waals surface area contributed by atoms with Crippen LogP contribution in [0.4, 0.5) is 0 Å². The molecule has 0 spiro atoms. The molecular weight excluding hydrogens is 300 g/mol. The number of halogens is 1. The second kappa shape index (κ2) is 4.92. The Labute approximate surface area is 113 Å². The third kappa shape index (κ3) is 3.66. The van der Waals surface area contributed by atoms with Crippen molar-refractivity contribution in [2.75, 3.05) is 0 Å². The maximum atomic E-state index is 5.46. The number of hydrogen-bond donors (Lipinski definition) is 1. The van der Waals surface area contributed by atoms with Crippen LogP contribution in [0.15, 0.2) is 25.9 Å². The van der Waals surface area contributed by atoms with Crippen LogP contribution in [0.1, 0.15) is 26.5 Å². The molecule has 0 atom stereocenters. The number of rotatable bonds is 3. The Morgan fingerprint density at radius 1 is 1.47 bits per heavy atom. The van der Waals surface area contributed by atoms with E-state index in [1.807, 2.05) is 11.4 Å². The maximum Gasteiger partial charge on any atom is 0.227 e. The van der Waals surface area contributed by atoms with Crippen molar-refractivity contribution in [3.05, 3.63) is 27.2 Å². The standard InChI is InChI=1S/C12H15BrN2OS/c1-12(2,3)14-5-9-6-16-11(15-9)8-4-10(13)17-7-8/h4,6-7,14H,5H2,1-3H3. The summed E-state index contributed by atoms with van der Waals surface area (Å²) >= 11 is 5.06. The molecule has 0 aliphatic heterocycles. The van der Waals surface area contributed by atoms with E-state index in [4.69, 9.17) is 4.42 Å². The van der Waals surface area contributed by atoms with Crippen LogP contribution in [0, 0.1) is 0 Å². The molecule has 0 amide bonds. The van der Waals surface area contributed by atoms with Gasteiger partial charge in [0.1, 0.15) is 6.26 Å². The minimum atomic E-state index is 0.0878. The van der Waals surface area contributed by atoms with Gasteiger partial charge in [0.15, 0.2) is 0 Å². The molecule has 0 aromatic carbocycles. The van der Waals surface area contributed by atoms with E-state index < -0.39 is 0 Å². The minimum Gasteiger partial charge on any atom is -0.444 e. The molecule has 2 aromatic rings. The lowest BCUT2D eigenvalue weighted by atomic mass is 10.1. The molecule has 5 heteroatoms. The summed E-state index contributed by atoms with van der Waals surface area (Å²) in [5.74, 6) is 0.678. The summed E-state index contributed by atoms with van der Waals surface area (Å²) in [5, 5.41) is 5.40. The lowest BCUT2D eigenvalue weighted by molar-refractivity contribution is 0.421. The van der Waals surface area contributed by atoms with E-state index in [1.54, 1.807) is 17.6 Å². The molecule has 92 valence electrons. The van der Waals surface area contributed by atoms with Gasteiger partial charge in [0.2, 0.25) is 5.89 Å². The average molecular weight is 315 g/mol.